The Kier molecular flexibility index (Phi) is 8.68. The van der Waals surface area contributed by atoms with E-state index < -0.39 is 23.0 Å². The van der Waals surface area contributed by atoms with Crippen LogP contribution in [0.5, 0.6) is 0 Å². The van der Waals surface area contributed by atoms with Gasteiger partial charge in [-0.3, -0.25) is 20.2 Å². The molecule has 166 valence electrons. The van der Waals surface area contributed by atoms with Crippen LogP contribution in [0.3, 0.4) is 0 Å². The first-order chi connectivity index (χ1) is 14.1. The minimum atomic E-state index is -4.28. The predicted octanol–water partition coefficient (Wildman–Crippen LogP) is 3.27. The second-order valence-corrected chi connectivity index (χ2v) is 8.12. The number of pyridine rings is 1. The van der Waals surface area contributed by atoms with Crippen LogP contribution in [0.25, 0.3) is 5.69 Å². The van der Waals surface area contributed by atoms with Crippen LogP contribution < -0.4 is 4.90 Å². The number of hydrogen-bond donors (Lipinski definition) is 0. The Morgan fingerprint density at radius 2 is 2.13 bits per heavy atom. The SMILES string of the molecule is CCN(C(=O)CC[S-](=O)=CN(C)CCC(F)(F)F)c1cn(-c2cccnc2)nc1Cl. The number of halogens is 4. The highest BCUT2D eigenvalue weighted by Gasteiger charge is 2.26. The molecule has 2 aromatic rings. The Morgan fingerprint density at radius 3 is 2.73 bits per heavy atom. The maximum atomic E-state index is 12.6. The molecule has 0 unspecified atom stereocenters. The molecule has 0 saturated carbocycles. The normalized spacial score (nSPS) is 13.0. The number of nitrogens with zero attached hydrogens (tertiary/aromatic N) is 5. The van der Waals surface area contributed by atoms with E-state index in [4.69, 9.17) is 11.6 Å². The van der Waals surface area contributed by atoms with Gasteiger partial charge in [-0.15, -0.1) is 5.49 Å². The Balaban J connectivity index is 2.01. The molecule has 2 heterocycles. The van der Waals surface area contributed by atoms with E-state index >= 15 is 0 Å². The lowest BCUT2D eigenvalue weighted by atomic mass is 10.3. The molecule has 0 spiro atoms. The molecular weight excluding hydrogens is 443 g/mol. The third-order valence-corrected chi connectivity index (χ3v) is 5.50. The van der Waals surface area contributed by atoms with Gasteiger partial charge >= 0.3 is 6.18 Å². The summed E-state index contributed by atoms with van der Waals surface area (Å²) in [5.74, 6) is -0.329. The van der Waals surface area contributed by atoms with Crippen molar-refractivity contribution in [3.63, 3.8) is 0 Å². The zero-order chi connectivity index (χ0) is 22.3. The first kappa shape index (κ1) is 24.2. The van der Waals surface area contributed by atoms with Gasteiger partial charge in [0.25, 0.3) is 0 Å². The topological polar surface area (TPSA) is 71.3 Å². The first-order valence-corrected chi connectivity index (χ1v) is 10.8. The summed E-state index contributed by atoms with van der Waals surface area (Å²) in [6.07, 6.45) is -0.512. The van der Waals surface area contributed by atoms with Crippen molar-refractivity contribution in [2.75, 3.05) is 30.8 Å². The average molecular weight is 465 g/mol. The van der Waals surface area contributed by atoms with Crippen LogP contribution in [0.15, 0.2) is 30.7 Å². The van der Waals surface area contributed by atoms with Gasteiger partial charge < -0.3 is 14.0 Å². The molecule has 0 saturated heterocycles. The maximum absolute atomic E-state index is 12.6. The van der Waals surface area contributed by atoms with Crippen molar-refractivity contribution >= 4 is 39.1 Å². The van der Waals surface area contributed by atoms with Gasteiger partial charge in [-0.1, -0.05) is 17.4 Å². The third kappa shape index (κ3) is 7.29. The minimum absolute atomic E-state index is 0.0138. The fourth-order valence-electron chi connectivity index (χ4n) is 2.56. The number of aromatic nitrogens is 3. The van der Waals surface area contributed by atoms with E-state index in [1.54, 1.807) is 37.6 Å². The molecule has 7 nitrogen and oxygen atoms in total. The number of carbonyl (C=O) groups excluding carboxylic acids is 1. The fourth-order valence-corrected chi connectivity index (χ4v) is 3.78. The van der Waals surface area contributed by atoms with Gasteiger partial charge in [0.1, 0.15) is 5.69 Å². The maximum Gasteiger partial charge on any atom is 0.390 e. The van der Waals surface area contributed by atoms with Crippen molar-refractivity contribution in [1.82, 2.24) is 19.7 Å². The number of anilines is 1. The summed E-state index contributed by atoms with van der Waals surface area (Å²) in [6.45, 7) is 1.79. The van der Waals surface area contributed by atoms with Gasteiger partial charge in [-0.05, 0) is 26.1 Å². The molecule has 2 aromatic heterocycles. The first-order valence-electron chi connectivity index (χ1n) is 9.05. The van der Waals surface area contributed by atoms with Crippen molar-refractivity contribution in [1.29, 1.82) is 0 Å². The highest BCUT2D eigenvalue weighted by molar-refractivity contribution is 7.83. The van der Waals surface area contributed by atoms with Gasteiger partial charge in [-0.25, -0.2) is 4.68 Å². The van der Waals surface area contributed by atoms with Gasteiger partial charge in [0.2, 0.25) is 5.91 Å². The molecule has 30 heavy (non-hydrogen) atoms. The summed E-state index contributed by atoms with van der Waals surface area (Å²) in [7, 11) is -0.167. The lowest BCUT2D eigenvalue weighted by molar-refractivity contribution is -0.135. The molecule has 12 heteroatoms. The zero-order valence-electron chi connectivity index (χ0n) is 16.5. The van der Waals surface area contributed by atoms with E-state index in [2.05, 4.69) is 10.1 Å². The summed E-state index contributed by atoms with van der Waals surface area (Å²) < 4.78 is 50.4. The van der Waals surface area contributed by atoms with E-state index in [1.807, 2.05) is 0 Å². The largest absolute Gasteiger partial charge is 0.460 e. The fraction of sp³-hybridized carbons (Fsp3) is 0.444. The monoisotopic (exact) mass is 464 g/mol. The molecular formula is C18H22ClF3N5O2S-. The molecule has 2 rings (SSSR count). The molecule has 0 atom stereocenters. The van der Waals surface area contributed by atoms with Gasteiger partial charge in [0.15, 0.2) is 5.15 Å². The van der Waals surface area contributed by atoms with E-state index in [0.29, 0.717) is 17.9 Å². The minimum Gasteiger partial charge on any atom is -0.460 e. The second-order valence-electron chi connectivity index (χ2n) is 6.39. The molecule has 0 radical (unpaired) electrons. The number of carbonyl (C=O) groups is 1. The Morgan fingerprint density at radius 1 is 1.40 bits per heavy atom. The number of alkyl halides is 3. The van der Waals surface area contributed by atoms with Crippen molar-refractivity contribution in [2.24, 2.45) is 0 Å². The van der Waals surface area contributed by atoms with Gasteiger partial charge in [0, 0.05) is 25.7 Å². The van der Waals surface area contributed by atoms with Gasteiger partial charge in [0.05, 0.1) is 24.5 Å². The Hall–Kier alpha value is -2.11. The standard InChI is InChI=1S/C18H22ClF3N5O2S/c1-3-26(15-12-27(24-17(15)19)14-5-4-8-23-11-14)16(28)6-10-30(29)13-25(2)9-7-18(20,21)22/h4-5,8,11-13H,3,6-7,9-10H2,1-2H3/q-1. The van der Waals surface area contributed by atoms with Crippen molar-refractivity contribution in [3.05, 3.63) is 35.9 Å². The predicted molar refractivity (Wildman–Crippen MR) is 111 cm³/mol. The third-order valence-electron chi connectivity index (χ3n) is 4.03. The summed E-state index contributed by atoms with van der Waals surface area (Å²) in [4.78, 5) is 19.3. The van der Waals surface area contributed by atoms with Crippen LogP contribution >= 0.6 is 11.6 Å². The van der Waals surface area contributed by atoms with Gasteiger partial charge in [-0.2, -0.15) is 18.3 Å². The molecule has 0 aromatic carbocycles. The molecule has 0 aliphatic heterocycles. The van der Waals surface area contributed by atoms with E-state index in [-0.39, 0.29) is 29.8 Å². The van der Waals surface area contributed by atoms with Crippen molar-refractivity contribution < 1.29 is 22.2 Å². The highest BCUT2D eigenvalue weighted by atomic mass is 35.5. The van der Waals surface area contributed by atoms with Crippen LogP contribution in [0, 0.1) is 0 Å². The summed E-state index contributed by atoms with van der Waals surface area (Å²) >= 11 is 6.20. The van der Waals surface area contributed by atoms with Crippen LogP contribution in [0.4, 0.5) is 18.9 Å². The average Bonchev–Trinajstić information content (AvgIpc) is 3.07. The lowest BCUT2D eigenvalue weighted by Gasteiger charge is -2.21. The van der Waals surface area contributed by atoms with Crippen molar-refractivity contribution in [3.8, 4) is 5.69 Å². The van der Waals surface area contributed by atoms with Crippen LogP contribution in [-0.2, 0) is 19.4 Å². The highest BCUT2D eigenvalue weighted by Crippen LogP contribution is 2.26. The summed E-state index contributed by atoms with van der Waals surface area (Å²) in [6, 6.07) is 3.53. The Bertz CT molecular complexity index is 930. The number of amides is 1. The second kappa shape index (κ2) is 10.8. The van der Waals surface area contributed by atoms with E-state index in [9.17, 15) is 22.2 Å². The number of hydrogen-bond acceptors (Lipinski definition) is 5. The Labute approximate surface area is 179 Å². The summed E-state index contributed by atoms with van der Waals surface area (Å²) in [5, 5.41) is 4.32. The molecule has 0 N–H and O–H groups in total. The molecule has 0 fully saturated rings. The number of rotatable bonds is 9. The van der Waals surface area contributed by atoms with E-state index in [0.717, 1.165) is 0 Å². The van der Waals surface area contributed by atoms with Crippen LogP contribution in [0.1, 0.15) is 19.8 Å². The quantitative estimate of drug-likeness (QED) is 0.421. The zero-order valence-corrected chi connectivity index (χ0v) is 18.0. The molecule has 1 amide bonds. The molecule has 0 bridgehead atoms. The molecule has 0 aliphatic rings. The van der Waals surface area contributed by atoms with E-state index in [1.165, 1.54) is 27.0 Å². The summed E-state index contributed by atoms with van der Waals surface area (Å²) in [5.41, 5.74) is 2.28. The van der Waals surface area contributed by atoms with Crippen molar-refractivity contribution in [2.45, 2.75) is 25.9 Å². The smallest absolute Gasteiger partial charge is 0.390 e. The van der Waals surface area contributed by atoms with Crippen LogP contribution in [-0.4, -0.2) is 63.1 Å². The lowest BCUT2D eigenvalue weighted by Crippen LogP contribution is -2.31. The molecule has 0 aliphatic carbocycles. The van der Waals surface area contributed by atoms with Crippen LogP contribution in [0.2, 0.25) is 5.15 Å².